The molecule has 0 aliphatic carbocycles. The Labute approximate surface area is 217 Å². The van der Waals surface area contributed by atoms with Crippen molar-refractivity contribution in [2.75, 3.05) is 43.1 Å². The summed E-state index contributed by atoms with van der Waals surface area (Å²) in [5.74, 6) is -0.186. The molecule has 2 aliphatic rings. The molecule has 2 amide bonds. The summed E-state index contributed by atoms with van der Waals surface area (Å²) in [6.45, 7) is 9.80. The predicted molar refractivity (Wildman–Crippen MR) is 141 cm³/mol. The van der Waals surface area contributed by atoms with Gasteiger partial charge in [-0.2, -0.15) is 5.10 Å². The maximum Gasteiger partial charge on any atom is 0.410 e. The van der Waals surface area contributed by atoms with Crippen molar-refractivity contribution < 1.29 is 19.1 Å². The number of morpholine rings is 1. The third-order valence-electron chi connectivity index (χ3n) is 6.38. The molecule has 5 rings (SSSR count). The highest BCUT2D eigenvalue weighted by Crippen LogP contribution is 2.23. The molecule has 0 saturated carbocycles. The normalized spacial score (nSPS) is 15.8. The van der Waals surface area contributed by atoms with Gasteiger partial charge in [-0.15, -0.1) is 0 Å². The topological polar surface area (TPSA) is 88.9 Å². The van der Waals surface area contributed by atoms with Crippen LogP contribution in [0.5, 0.6) is 0 Å². The first kappa shape index (κ1) is 24.8. The first-order valence-electron chi connectivity index (χ1n) is 12.6. The SMILES string of the molecule is CC(C)(C)OC(=O)N1CCc2nn(-c3cccc(C(=O)Nc4ccc(N5CCOCC5)cc4)c3)cc2C1. The summed E-state index contributed by atoms with van der Waals surface area (Å²) < 4.78 is 12.7. The minimum absolute atomic E-state index is 0.186. The quantitative estimate of drug-likeness (QED) is 0.573. The lowest BCUT2D eigenvalue weighted by molar-refractivity contribution is 0.0223. The fraction of sp³-hybridized carbons (Fsp3) is 0.393. The van der Waals surface area contributed by atoms with E-state index in [9.17, 15) is 9.59 Å². The summed E-state index contributed by atoms with van der Waals surface area (Å²) in [7, 11) is 0. The summed E-state index contributed by atoms with van der Waals surface area (Å²) in [4.78, 5) is 29.5. The molecule has 3 aromatic rings. The van der Waals surface area contributed by atoms with Crippen molar-refractivity contribution in [3.8, 4) is 5.69 Å². The zero-order valence-electron chi connectivity index (χ0n) is 21.6. The van der Waals surface area contributed by atoms with E-state index in [1.165, 1.54) is 0 Å². The number of benzene rings is 2. The van der Waals surface area contributed by atoms with Gasteiger partial charge in [-0.25, -0.2) is 9.48 Å². The lowest BCUT2D eigenvalue weighted by Crippen LogP contribution is -2.39. The lowest BCUT2D eigenvalue weighted by Gasteiger charge is -2.29. The van der Waals surface area contributed by atoms with Gasteiger partial charge in [-0.05, 0) is 63.2 Å². The van der Waals surface area contributed by atoms with Crippen LogP contribution >= 0.6 is 0 Å². The number of nitrogens with one attached hydrogen (secondary N) is 1. The van der Waals surface area contributed by atoms with Gasteiger partial charge in [0, 0.05) is 54.8 Å². The first-order valence-corrected chi connectivity index (χ1v) is 12.6. The standard InChI is InChI=1S/C28H33N5O4/c1-28(2,3)37-27(35)32-12-11-25-21(18-32)19-33(30-25)24-6-4-5-20(17-24)26(34)29-22-7-9-23(10-8-22)31-13-15-36-16-14-31/h4-10,17,19H,11-16,18H2,1-3H3,(H,29,34). The van der Waals surface area contributed by atoms with E-state index in [0.717, 1.165) is 54.6 Å². The Bertz CT molecular complexity index is 1270. The highest BCUT2D eigenvalue weighted by molar-refractivity contribution is 6.04. The molecule has 2 aliphatic heterocycles. The van der Waals surface area contributed by atoms with Crippen LogP contribution < -0.4 is 10.2 Å². The van der Waals surface area contributed by atoms with E-state index < -0.39 is 5.60 Å². The molecule has 2 aromatic carbocycles. The molecule has 9 nitrogen and oxygen atoms in total. The molecule has 1 saturated heterocycles. The number of nitrogens with zero attached hydrogens (tertiary/aromatic N) is 4. The maximum atomic E-state index is 13.0. The zero-order chi connectivity index (χ0) is 26.0. The molecule has 1 N–H and O–H groups in total. The van der Waals surface area contributed by atoms with Crippen LogP contribution in [0, 0.1) is 0 Å². The van der Waals surface area contributed by atoms with E-state index in [4.69, 9.17) is 14.6 Å². The third-order valence-corrected chi connectivity index (χ3v) is 6.38. The van der Waals surface area contributed by atoms with Crippen molar-refractivity contribution in [3.63, 3.8) is 0 Å². The van der Waals surface area contributed by atoms with Crippen molar-refractivity contribution in [1.29, 1.82) is 0 Å². The second-order valence-corrected chi connectivity index (χ2v) is 10.3. The van der Waals surface area contributed by atoms with Crippen LogP contribution in [0.15, 0.2) is 54.7 Å². The number of hydrogen-bond acceptors (Lipinski definition) is 6. The van der Waals surface area contributed by atoms with Gasteiger partial charge in [0.25, 0.3) is 5.91 Å². The Morgan fingerprint density at radius 1 is 1.00 bits per heavy atom. The molecule has 3 heterocycles. The minimum Gasteiger partial charge on any atom is -0.444 e. The highest BCUT2D eigenvalue weighted by Gasteiger charge is 2.27. The van der Waals surface area contributed by atoms with Gasteiger partial charge in [-0.3, -0.25) is 4.79 Å². The van der Waals surface area contributed by atoms with Crippen LogP contribution in [0.1, 0.15) is 42.4 Å². The minimum atomic E-state index is -0.534. The van der Waals surface area contributed by atoms with Gasteiger partial charge in [0.1, 0.15) is 5.60 Å². The van der Waals surface area contributed by atoms with Gasteiger partial charge < -0.3 is 24.6 Å². The number of carbonyl (C=O) groups is 2. The van der Waals surface area contributed by atoms with Crippen molar-refractivity contribution in [2.24, 2.45) is 0 Å². The van der Waals surface area contributed by atoms with Gasteiger partial charge in [0.2, 0.25) is 0 Å². The second-order valence-electron chi connectivity index (χ2n) is 10.3. The molecule has 0 unspecified atom stereocenters. The summed E-state index contributed by atoms with van der Waals surface area (Å²) >= 11 is 0. The fourth-order valence-corrected chi connectivity index (χ4v) is 4.50. The van der Waals surface area contributed by atoms with Gasteiger partial charge in [0.05, 0.1) is 31.1 Å². The van der Waals surface area contributed by atoms with Gasteiger partial charge >= 0.3 is 6.09 Å². The molecule has 37 heavy (non-hydrogen) atoms. The highest BCUT2D eigenvalue weighted by atomic mass is 16.6. The Kier molecular flexibility index (Phi) is 6.88. The maximum absolute atomic E-state index is 13.0. The first-order chi connectivity index (χ1) is 17.7. The Morgan fingerprint density at radius 2 is 1.76 bits per heavy atom. The fourth-order valence-electron chi connectivity index (χ4n) is 4.50. The lowest BCUT2D eigenvalue weighted by atomic mass is 10.1. The smallest absolute Gasteiger partial charge is 0.410 e. The number of aromatic nitrogens is 2. The Balaban J connectivity index is 1.25. The number of fused-ring (bicyclic) bond motifs is 1. The number of ether oxygens (including phenoxy) is 2. The van der Waals surface area contributed by atoms with E-state index in [-0.39, 0.29) is 12.0 Å². The van der Waals surface area contributed by atoms with Crippen LogP contribution in [-0.2, 0) is 22.4 Å². The van der Waals surface area contributed by atoms with Crippen LogP contribution in [0.4, 0.5) is 16.2 Å². The predicted octanol–water partition coefficient (Wildman–Crippen LogP) is 4.25. The molecular weight excluding hydrogens is 470 g/mol. The molecule has 0 radical (unpaired) electrons. The van der Waals surface area contributed by atoms with E-state index >= 15 is 0 Å². The molecule has 1 aromatic heterocycles. The summed E-state index contributed by atoms with van der Waals surface area (Å²) in [5.41, 5.74) is 4.59. The number of anilines is 2. The summed E-state index contributed by atoms with van der Waals surface area (Å²) in [5, 5.41) is 7.70. The van der Waals surface area contributed by atoms with Crippen molar-refractivity contribution in [2.45, 2.75) is 39.3 Å². The van der Waals surface area contributed by atoms with Crippen molar-refractivity contribution >= 4 is 23.4 Å². The number of amides is 2. The third kappa shape index (κ3) is 5.94. The Hall–Kier alpha value is -3.85. The van der Waals surface area contributed by atoms with E-state index in [0.29, 0.717) is 25.1 Å². The van der Waals surface area contributed by atoms with Crippen LogP contribution in [0.3, 0.4) is 0 Å². The molecule has 1 fully saturated rings. The average Bonchev–Trinajstić information content (AvgIpc) is 3.32. The van der Waals surface area contributed by atoms with Crippen LogP contribution in [-0.4, -0.2) is 65.1 Å². The summed E-state index contributed by atoms with van der Waals surface area (Å²) in [6, 6.07) is 15.3. The van der Waals surface area contributed by atoms with E-state index in [1.807, 2.05) is 69.4 Å². The van der Waals surface area contributed by atoms with Crippen LogP contribution in [0.25, 0.3) is 5.69 Å². The van der Waals surface area contributed by atoms with E-state index in [2.05, 4.69) is 10.2 Å². The van der Waals surface area contributed by atoms with Gasteiger partial charge in [0.15, 0.2) is 0 Å². The molecule has 0 atom stereocenters. The van der Waals surface area contributed by atoms with E-state index in [1.54, 1.807) is 15.6 Å². The van der Waals surface area contributed by atoms with Gasteiger partial charge in [-0.1, -0.05) is 6.07 Å². The van der Waals surface area contributed by atoms with Crippen molar-refractivity contribution in [1.82, 2.24) is 14.7 Å². The number of hydrogen-bond donors (Lipinski definition) is 1. The molecular formula is C28H33N5O4. The average molecular weight is 504 g/mol. The zero-order valence-corrected chi connectivity index (χ0v) is 21.6. The second kappa shape index (κ2) is 10.3. The molecule has 0 bridgehead atoms. The molecule has 194 valence electrons. The van der Waals surface area contributed by atoms with Crippen LogP contribution in [0.2, 0.25) is 0 Å². The Morgan fingerprint density at radius 3 is 2.49 bits per heavy atom. The largest absolute Gasteiger partial charge is 0.444 e. The molecule has 9 heteroatoms. The molecule has 0 spiro atoms. The monoisotopic (exact) mass is 503 g/mol. The van der Waals surface area contributed by atoms with Crippen molar-refractivity contribution in [3.05, 3.63) is 71.5 Å². The summed E-state index contributed by atoms with van der Waals surface area (Å²) in [6.07, 6.45) is 2.26. The number of carbonyl (C=O) groups excluding carboxylic acids is 2. The number of rotatable bonds is 4.